The maximum Gasteiger partial charge on any atom is 0.0546 e. The van der Waals surface area contributed by atoms with E-state index in [1.807, 2.05) is 0 Å². The summed E-state index contributed by atoms with van der Waals surface area (Å²) in [7, 11) is 0. The summed E-state index contributed by atoms with van der Waals surface area (Å²) >= 11 is 0. The molecule has 1 heteroatoms. The van der Waals surface area contributed by atoms with Gasteiger partial charge in [0.15, 0.2) is 0 Å². The van der Waals surface area contributed by atoms with E-state index in [0.29, 0.717) is 5.92 Å². The molecule has 0 amide bonds. The van der Waals surface area contributed by atoms with Crippen molar-refractivity contribution >= 4 is 27.8 Å². The van der Waals surface area contributed by atoms with Crippen LogP contribution in [0.1, 0.15) is 79.7 Å². The zero-order chi connectivity index (χ0) is 31.4. The number of fused-ring (bicyclic) bond motifs is 4. The number of hydrogen-bond acceptors (Lipinski definition) is 1. The second kappa shape index (κ2) is 11.3. The van der Waals surface area contributed by atoms with E-state index in [1.54, 1.807) is 0 Å². The van der Waals surface area contributed by atoms with Gasteiger partial charge < -0.3 is 4.90 Å². The molecule has 0 bridgehead atoms. The molecule has 0 heterocycles. The molecule has 1 fully saturated rings. The van der Waals surface area contributed by atoms with Crippen molar-refractivity contribution in [1.82, 2.24) is 0 Å². The molecule has 228 valence electrons. The molecule has 0 spiro atoms. The highest BCUT2D eigenvalue weighted by molar-refractivity contribution is 5.99. The van der Waals surface area contributed by atoms with Gasteiger partial charge in [0.05, 0.1) is 5.69 Å². The topological polar surface area (TPSA) is 3.24 Å². The van der Waals surface area contributed by atoms with Crippen molar-refractivity contribution < 1.29 is 0 Å². The van der Waals surface area contributed by atoms with E-state index < -0.39 is 0 Å². The van der Waals surface area contributed by atoms with Gasteiger partial charge in [-0.3, -0.25) is 0 Å². The summed E-state index contributed by atoms with van der Waals surface area (Å²) in [5, 5.41) is 2.52. The van der Waals surface area contributed by atoms with E-state index >= 15 is 0 Å². The van der Waals surface area contributed by atoms with Gasteiger partial charge in [-0.05, 0) is 124 Å². The molecular weight excluding hydrogens is 555 g/mol. The molecule has 0 radical (unpaired) electrons. The molecule has 0 N–H and O–H groups in total. The second-order valence-corrected chi connectivity index (χ2v) is 14.1. The molecule has 0 aliphatic heterocycles. The first kappa shape index (κ1) is 28.8. The summed E-state index contributed by atoms with van der Waals surface area (Å²) in [6, 6.07) is 46.0. The molecule has 46 heavy (non-hydrogen) atoms. The van der Waals surface area contributed by atoms with Gasteiger partial charge in [0.25, 0.3) is 0 Å². The summed E-state index contributed by atoms with van der Waals surface area (Å²) < 4.78 is 0. The Bertz CT molecular complexity index is 2070. The predicted octanol–water partition coefficient (Wildman–Crippen LogP) is 12.9. The third-order valence-corrected chi connectivity index (χ3v) is 10.9. The lowest BCUT2D eigenvalue weighted by molar-refractivity contribution is 0.443. The third kappa shape index (κ3) is 4.76. The number of anilines is 3. The highest BCUT2D eigenvalue weighted by Gasteiger charge is 2.37. The number of aryl methyl sites for hydroxylation is 2. The maximum atomic E-state index is 2.52. The molecule has 2 aliphatic carbocycles. The minimum atomic E-state index is -0.0779. The minimum Gasteiger partial charge on any atom is -0.310 e. The van der Waals surface area contributed by atoms with Crippen LogP contribution in [0.15, 0.2) is 121 Å². The van der Waals surface area contributed by atoms with Crippen LogP contribution in [0.3, 0.4) is 0 Å². The zero-order valence-electron chi connectivity index (χ0n) is 27.6. The van der Waals surface area contributed by atoms with E-state index in [-0.39, 0.29) is 5.41 Å². The van der Waals surface area contributed by atoms with Crippen molar-refractivity contribution in [2.24, 2.45) is 0 Å². The van der Waals surface area contributed by atoms with Crippen LogP contribution in [-0.2, 0) is 5.41 Å². The lowest BCUT2D eigenvalue weighted by atomic mass is 9.82. The van der Waals surface area contributed by atoms with E-state index in [2.05, 4.69) is 154 Å². The van der Waals surface area contributed by atoms with Crippen molar-refractivity contribution in [1.29, 1.82) is 0 Å². The van der Waals surface area contributed by atoms with Crippen molar-refractivity contribution in [3.63, 3.8) is 0 Å². The first-order valence-electron chi connectivity index (χ1n) is 17.1. The third-order valence-electron chi connectivity index (χ3n) is 10.9. The first-order valence-corrected chi connectivity index (χ1v) is 17.1. The van der Waals surface area contributed by atoms with Gasteiger partial charge in [-0.15, -0.1) is 0 Å². The Morgan fingerprint density at radius 3 is 1.98 bits per heavy atom. The molecular formula is C45H43N. The fourth-order valence-electron chi connectivity index (χ4n) is 8.36. The van der Waals surface area contributed by atoms with Gasteiger partial charge in [-0.1, -0.05) is 118 Å². The molecule has 0 unspecified atom stereocenters. The lowest BCUT2D eigenvalue weighted by Crippen LogP contribution is -2.17. The molecule has 0 saturated heterocycles. The van der Waals surface area contributed by atoms with Crippen molar-refractivity contribution in [3.8, 4) is 22.3 Å². The first-order chi connectivity index (χ1) is 22.4. The maximum absolute atomic E-state index is 2.52. The van der Waals surface area contributed by atoms with Crippen LogP contribution in [0.2, 0.25) is 0 Å². The van der Waals surface area contributed by atoms with Crippen LogP contribution in [0.5, 0.6) is 0 Å². The standard InChI is InChI=1S/C45H43N/c1-30-13-8-11-19-38(30)40-27-34-17-9-10-18-35(34)28-43(40)46(36-23-21-33(22-24-36)32-15-6-5-7-16-32)37-25-26-39-42(29-37)45(3,4)41-20-12-14-31(2)44(39)41/h8-14,17-29,32H,5-7,15-16H2,1-4H3. The van der Waals surface area contributed by atoms with Crippen LogP contribution in [0.25, 0.3) is 33.0 Å². The Morgan fingerprint density at radius 1 is 0.543 bits per heavy atom. The van der Waals surface area contributed by atoms with Crippen LogP contribution in [0.4, 0.5) is 17.1 Å². The van der Waals surface area contributed by atoms with E-state index in [4.69, 9.17) is 0 Å². The van der Waals surface area contributed by atoms with Gasteiger partial charge >= 0.3 is 0 Å². The number of rotatable bonds is 5. The average molecular weight is 598 g/mol. The molecule has 1 saturated carbocycles. The fourth-order valence-corrected chi connectivity index (χ4v) is 8.36. The Labute approximate surface area is 274 Å². The number of nitrogens with zero attached hydrogens (tertiary/aromatic N) is 1. The zero-order valence-corrected chi connectivity index (χ0v) is 27.6. The summed E-state index contributed by atoms with van der Waals surface area (Å²) in [5.74, 6) is 0.682. The Kier molecular flexibility index (Phi) is 7.09. The Morgan fingerprint density at radius 2 is 1.22 bits per heavy atom. The van der Waals surface area contributed by atoms with Gasteiger partial charge in [-0.2, -0.15) is 0 Å². The number of hydrogen-bond donors (Lipinski definition) is 0. The van der Waals surface area contributed by atoms with Crippen LogP contribution < -0.4 is 4.90 Å². The smallest absolute Gasteiger partial charge is 0.0546 e. The van der Waals surface area contributed by atoms with Gasteiger partial charge in [0.2, 0.25) is 0 Å². The number of benzene rings is 6. The van der Waals surface area contributed by atoms with E-state index in [0.717, 1.165) is 0 Å². The minimum absolute atomic E-state index is 0.0779. The molecule has 2 aliphatic rings. The Balaban J connectivity index is 1.36. The molecule has 0 atom stereocenters. The Hall–Kier alpha value is -4.62. The van der Waals surface area contributed by atoms with Gasteiger partial charge in [0.1, 0.15) is 0 Å². The highest BCUT2D eigenvalue weighted by atomic mass is 15.1. The van der Waals surface area contributed by atoms with Gasteiger partial charge in [0, 0.05) is 22.4 Å². The summed E-state index contributed by atoms with van der Waals surface area (Å²) in [6.45, 7) is 9.26. The van der Waals surface area contributed by atoms with Crippen LogP contribution in [-0.4, -0.2) is 0 Å². The van der Waals surface area contributed by atoms with Crippen LogP contribution >= 0.6 is 0 Å². The normalized spacial score (nSPS) is 15.5. The summed E-state index contributed by atoms with van der Waals surface area (Å²) in [4.78, 5) is 2.52. The molecule has 8 rings (SSSR count). The fraction of sp³-hybridized carbons (Fsp3) is 0.244. The quantitative estimate of drug-likeness (QED) is 0.191. The second-order valence-electron chi connectivity index (χ2n) is 14.1. The predicted molar refractivity (Wildman–Crippen MR) is 197 cm³/mol. The molecule has 6 aromatic carbocycles. The largest absolute Gasteiger partial charge is 0.310 e. The molecule has 6 aromatic rings. The van der Waals surface area contributed by atoms with E-state index in [9.17, 15) is 0 Å². The monoisotopic (exact) mass is 597 g/mol. The van der Waals surface area contributed by atoms with Crippen LogP contribution in [0, 0.1) is 13.8 Å². The van der Waals surface area contributed by atoms with E-state index in [1.165, 1.54) is 110 Å². The van der Waals surface area contributed by atoms with Gasteiger partial charge in [-0.25, -0.2) is 0 Å². The lowest BCUT2D eigenvalue weighted by Gasteiger charge is -2.31. The summed E-state index contributed by atoms with van der Waals surface area (Å²) in [6.07, 6.45) is 6.70. The summed E-state index contributed by atoms with van der Waals surface area (Å²) in [5.41, 5.74) is 15.8. The molecule has 0 aromatic heterocycles. The highest BCUT2D eigenvalue weighted by Crippen LogP contribution is 2.52. The molecule has 1 nitrogen and oxygen atoms in total. The van der Waals surface area contributed by atoms with Crippen molar-refractivity contribution in [3.05, 3.63) is 149 Å². The SMILES string of the molecule is Cc1ccccc1-c1cc2ccccc2cc1N(c1ccc(C2CCCCC2)cc1)c1ccc2c(c1)C(C)(C)c1cccc(C)c1-2. The van der Waals surface area contributed by atoms with Crippen molar-refractivity contribution in [2.45, 2.75) is 71.1 Å². The van der Waals surface area contributed by atoms with Crippen molar-refractivity contribution in [2.75, 3.05) is 4.90 Å². The average Bonchev–Trinajstić information content (AvgIpc) is 3.32.